The Balaban J connectivity index is 3.04. The highest BCUT2D eigenvalue weighted by Crippen LogP contribution is 2.24. The summed E-state index contributed by atoms with van der Waals surface area (Å²) in [5, 5.41) is 0. The van der Waals surface area contributed by atoms with Crippen molar-refractivity contribution in [3.05, 3.63) is 29.8 Å². The van der Waals surface area contributed by atoms with Crippen LogP contribution in [0.5, 0.6) is 0 Å². The van der Waals surface area contributed by atoms with Crippen LogP contribution in [0.1, 0.15) is 31.2 Å². The number of hydrogen-bond acceptors (Lipinski definition) is 4. The molecule has 4 N–H and O–H groups in total. The van der Waals surface area contributed by atoms with Gasteiger partial charge in [-0.25, -0.2) is 8.42 Å². The van der Waals surface area contributed by atoms with Crippen molar-refractivity contribution in [2.24, 2.45) is 11.5 Å². The van der Waals surface area contributed by atoms with E-state index in [1.807, 2.05) is 0 Å². The van der Waals surface area contributed by atoms with Crippen molar-refractivity contribution in [1.82, 2.24) is 0 Å². The molecule has 0 saturated heterocycles. The van der Waals surface area contributed by atoms with Crippen molar-refractivity contribution in [2.45, 2.75) is 30.6 Å². The molecule has 0 aliphatic heterocycles. The van der Waals surface area contributed by atoms with Crippen LogP contribution in [0.25, 0.3) is 0 Å². The highest BCUT2D eigenvalue weighted by atomic mass is 32.2. The molecule has 7 heteroatoms. The van der Waals surface area contributed by atoms with Gasteiger partial charge in [0.05, 0.1) is 10.6 Å². The van der Waals surface area contributed by atoms with Crippen LogP contribution in [0.4, 0.5) is 0 Å². The standard InChI is InChI=1S/C13H18N2O4S/c1-2-20(18,19)11-5-3-9(4-6-11)10(7-12(14)16)8-13(15)17/h3-6,10H,2,7-8H2,1H3,(H2,14,16)(H2,15,17). The Labute approximate surface area is 118 Å². The Morgan fingerprint density at radius 2 is 1.50 bits per heavy atom. The molecule has 0 aliphatic carbocycles. The van der Waals surface area contributed by atoms with E-state index < -0.39 is 27.6 Å². The minimum Gasteiger partial charge on any atom is -0.370 e. The Hall–Kier alpha value is -1.89. The van der Waals surface area contributed by atoms with E-state index in [0.717, 1.165) is 0 Å². The van der Waals surface area contributed by atoms with Crippen LogP contribution < -0.4 is 11.5 Å². The predicted octanol–water partition coefficient (Wildman–Crippen LogP) is 0.315. The smallest absolute Gasteiger partial charge is 0.218 e. The summed E-state index contributed by atoms with van der Waals surface area (Å²) >= 11 is 0. The molecule has 6 nitrogen and oxygen atoms in total. The van der Waals surface area contributed by atoms with Crippen LogP contribution in [0, 0.1) is 0 Å². The number of hydrogen-bond donors (Lipinski definition) is 2. The van der Waals surface area contributed by atoms with Gasteiger partial charge in [-0.15, -0.1) is 0 Å². The third-order valence-electron chi connectivity index (χ3n) is 2.99. The molecule has 0 heterocycles. The lowest BCUT2D eigenvalue weighted by molar-refractivity contribution is -0.119. The van der Waals surface area contributed by atoms with E-state index in [2.05, 4.69) is 0 Å². The van der Waals surface area contributed by atoms with Gasteiger partial charge in [-0.2, -0.15) is 0 Å². The van der Waals surface area contributed by atoms with E-state index in [4.69, 9.17) is 11.5 Å². The fraction of sp³-hybridized carbons (Fsp3) is 0.385. The summed E-state index contributed by atoms with van der Waals surface area (Å²) in [6.07, 6.45) is -0.0222. The number of sulfone groups is 1. The van der Waals surface area contributed by atoms with E-state index in [-0.39, 0.29) is 23.5 Å². The number of rotatable bonds is 7. The number of benzene rings is 1. The highest BCUT2D eigenvalue weighted by molar-refractivity contribution is 7.91. The summed E-state index contributed by atoms with van der Waals surface area (Å²) in [7, 11) is -3.27. The van der Waals surface area contributed by atoms with Gasteiger partial charge < -0.3 is 11.5 Å². The first-order valence-electron chi connectivity index (χ1n) is 6.15. The maximum absolute atomic E-state index is 11.7. The van der Waals surface area contributed by atoms with E-state index >= 15 is 0 Å². The summed E-state index contributed by atoms with van der Waals surface area (Å²) in [6.45, 7) is 1.56. The first kappa shape index (κ1) is 16.2. The Bertz CT molecular complexity index is 577. The lowest BCUT2D eigenvalue weighted by Gasteiger charge is -2.14. The van der Waals surface area contributed by atoms with E-state index in [0.29, 0.717) is 5.56 Å². The molecule has 0 aromatic heterocycles. The second kappa shape index (κ2) is 6.51. The molecule has 1 aromatic rings. The van der Waals surface area contributed by atoms with Crippen LogP contribution in [0.3, 0.4) is 0 Å². The van der Waals surface area contributed by atoms with Gasteiger partial charge in [-0.3, -0.25) is 9.59 Å². The molecule has 110 valence electrons. The molecule has 0 radical (unpaired) electrons. The van der Waals surface area contributed by atoms with Crippen molar-refractivity contribution in [3.8, 4) is 0 Å². The van der Waals surface area contributed by atoms with Gasteiger partial charge in [-0.05, 0) is 17.7 Å². The summed E-state index contributed by atoms with van der Waals surface area (Å²) in [6, 6.07) is 6.09. The van der Waals surface area contributed by atoms with E-state index in [1.54, 1.807) is 19.1 Å². The fourth-order valence-corrected chi connectivity index (χ4v) is 2.79. The minimum absolute atomic E-state index is 0.0111. The zero-order valence-corrected chi connectivity index (χ0v) is 12.0. The topological polar surface area (TPSA) is 120 Å². The quantitative estimate of drug-likeness (QED) is 0.752. The van der Waals surface area contributed by atoms with Gasteiger partial charge in [0, 0.05) is 18.8 Å². The molecule has 2 amide bonds. The monoisotopic (exact) mass is 298 g/mol. The maximum Gasteiger partial charge on any atom is 0.218 e. The number of primary amides is 2. The van der Waals surface area contributed by atoms with Crippen molar-refractivity contribution in [2.75, 3.05) is 5.75 Å². The van der Waals surface area contributed by atoms with Crippen molar-refractivity contribution in [3.63, 3.8) is 0 Å². The number of carbonyl (C=O) groups excluding carboxylic acids is 2. The average molecular weight is 298 g/mol. The molecule has 0 aliphatic rings. The van der Waals surface area contributed by atoms with E-state index in [1.165, 1.54) is 12.1 Å². The lowest BCUT2D eigenvalue weighted by Crippen LogP contribution is -2.21. The summed E-state index contributed by atoms with van der Waals surface area (Å²) in [5.74, 6) is -1.50. The summed E-state index contributed by atoms with van der Waals surface area (Å²) in [5.41, 5.74) is 10.9. The molecular formula is C13H18N2O4S. The maximum atomic E-state index is 11.7. The molecule has 0 saturated carbocycles. The Kier molecular flexibility index (Phi) is 5.26. The Morgan fingerprint density at radius 1 is 1.05 bits per heavy atom. The summed E-state index contributed by atoms with van der Waals surface area (Å²) < 4.78 is 23.4. The van der Waals surface area contributed by atoms with Crippen LogP contribution >= 0.6 is 0 Å². The number of amides is 2. The molecule has 0 atom stereocenters. The molecule has 20 heavy (non-hydrogen) atoms. The van der Waals surface area contributed by atoms with Gasteiger partial charge >= 0.3 is 0 Å². The second-order valence-corrected chi connectivity index (χ2v) is 6.79. The van der Waals surface area contributed by atoms with Gasteiger partial charge in [0.1, 0.15) is 0 Å². The van der Waals surface area contributed by atoms with Crippen LogP contribution in [0.2, 0.25) is 0 Å². The van der Waals surface area contributed by atoms with Gasteiger partial charge in [-0.1, -0.05) is 19.1 Å². The Morgan fingerprint density at radius 3 is 1.85 bits per heavy atom. The van der Waals surface area contributed by atoms with Gasteiger partial charge in [0.25, 0.3) is 0 Å². The van der Waals surface area contributed by atoms with Gasteiger partial charge in [0.15, 0.2) is 9.84 Å². The number of nitrogens with two attached hydrogens (primary N) is 2. The first-order chi connectivity index (χ1) is 9.26. The zero-order chi connectivity index (χ0) is 15.3. The molecule has 0 bridgehead atoms. The average Bonchev–Trinajstić information content (AvgIpc) is 2.37. The third-order valence-corrected chi connectivity index (χ3v) is 4.74. The third kappa shape index (κ3) is 4.34. The summed E-state index contributed by atoms with van der Waals surface area (Å²) in [4.78, 5) is 22.2. The largest absolute Gasteiger partial charge is 0.370 e. The molecular weight excluding hydrogens is 280 g/mol. The van der Waals surface area contributed by atoms with Crippen LogP contribution in [-0.2, 0) is 19.4 Å². The zero-order valence-electron chi connectivity index (χ0n) is 11.2. The number of carbonyl (C=O) groups is 2. The van der Waals surface area contributed by atoms with Gasteiger partial charge in [0.2, 0.25) is 11.8 Å². The fourth-order valence-electron chi connectivity index (χ4n) is 1.91. The minimum atomic E-state index is -3.27. The second-order valence-electron chi connectivity index (χ2n) is 4.51. The van der Waals surface area contributed by atoms with Crippen LogP contribution in [0.15, 0.2) is 29.2 Å². The van der Waals surface area contributed by atoms with Crippen LogP contribution in [-0.4, -0.2) is 26.0 Å². The molecule has 0 unspecified atom stereocenters. The van der Waals surface area contributed by atoms with Crippen molar-refractivity contribution in [1.29, 1.82) is 0 Å². The SMILES string of the molecule is CCS(=O)(=O)c1ccc(C(CC(N)=O)CC(N)=O)cc1. The highest BCUT2D eigenvalue weighted by Gasteiger charge is 2.18. The van der Waals surface area contributed by atoms with Crippen molar-refractivity contribution >= 4 is 21.7 Å². The molecule has 1 aromatic carbocycles. The van der Waals surface area contributed by atoms with E-state index in [9.17, 15) is 18.0 Å². The molecule has 0 spiro atoms. The predicted molar refractivity (Wildman–Crippen MR) is 74.5 cm³/mol. The molecule has 0 fully saturated rings. The molecule has 1 rings (SSSR count). The van der Waals surface area contributed by atoms with Crippen molar-refractivity contribution < 1.29 is 18.0 Å². The lowest BCUT2D eigenvalue weighted by atomic mass is 9.92. The normalized spacial score (nSPS) is 11.5. The first-order valence-corrected chi connectivity index (χ1v) is 7.80.